The molecule has 9 aromatic carbocycles. The molecular weight excluding hydrogens is 553 g/mol. The Morgan fingerprint density at radius 3 is 1.59 bits per heavy atom. The minimum atomic E-state index is 1.23. The smallest absolute Gasteiger partial charge is 0.00199 e. The monoisotopic (exact) mass is 582 g/mol. The van der Waals surface area contributed by atoms with Crippen LogP contribution in [0.5, 0.6) is 0 Å². The van der Waals surface area contributed by atoms with E-state index >= 15 is 0 Å². The zero-order chi connectivity index (χ0) is 30.5. The van der Waals surface area contributed by atoms with Crippen molar-refractivity contribution in [2.75, 3.05) is 0 Å². The fourth-order valence-corrected chi connectivity index (χ4v) is 7.34. The first kappa shape index (κ1) is 26.4. The molecule has 9 rings (SSSR count). The van der Waals surface area contributed by atoms with Gasteiger partial charge in [0.05, 0.1) is 0 Å². The van der Waals surface area contributed by atoms with Gasteiger partial charge in [0, 0.05) is 0 Å². The van der Waals surface area contributed by atoms with E-state index < -0.39 is 0 Å². The minimum Gasteiger partial charge on any atom is -0.0622 e. The summed E-state index contributed by atoms with van der Waals surface area (Å²) in [4.78, 5) is 0. The van der Waals surface area contributed by atoms with E-state index in [9.17, 15) is 0 Å². The molecule has 0 amide bonds. The first-order valence-corrected chi connectivity index (χ1v) is 15.9. The highest BCUT2D eigenvalue weighted by molar-refractivity contribution is 6.23. The molecular formula is C46H30. The molecule has 0 bridgehead atoms. The summed E-state index contributed by atoms with van der Waals surface area (Å²) >= 11 is 0. The molecule has 0 heterocycles. The number of hydrogen-bond acceptors (Lipinski definition) is 0. The zero-order valence-corrected chi connectivity index (χ0v) is 25.3. The van der Waals surface area contributed by atoms with Gasteiger partial charge in [-0.15, -0.1) is 0 Å². The number of hydrogen-bond donors (Lipinski definition) is 0. The van der Waals surface area contributed by atoms with Crippen LogP contribution >= 0.6 is 0 Å². The van der Waals surface area contributed by atoms with Gasteiger partial charge >= 0.3 is 0 Å². The van der Waals surface area contributed by atoms with Crippen molar-refractivity contribution in [1.29, 1.82) is 0 Å². The molecule has 0 aliphatic rings. The molecule has 0 saturated heterocycles. The molecule has 9 aromatic rings. The Morgan fingerprint density at radius 1 is 0.217 bits per heavy atom. The summed E-state index contributed by atoms with van der Waals surface area (Å²) in [6.07, 6.45) is 0. The predicted octanol–water partition coefficient (Wildman–Crippen LogP) is 13.0. The lowest BCUT2D eigenvalue weighted by Crippen LogP contribution is -1.93. The van der Waals surface area contributed by atoms with Crippen molar-refractivity contribution >= 4 is 43.1 Å². The maximum absolute atomic E-state index is 2.43. The quantitative estimate of drug-likeness (QED) is 0.181. The van der Waals surface area contributed by atoms with Crippen molar-refractivity contribution in [1.82, 2.24) is 0 Å². The van der Waals surface area contributed by atoms with Crippen molar-refractivity contribution in [3.05, 3.63) is 182 Å². The second-order valence-corrected chi connectivity index (χ2v) is 12.1. The van der Waals surface area contributed by atoms with E-state index in [1.54, 1.807) is 0 Å². The Kier molecular flexibility index (Phi) is 6.25. The van der Waals surface area contributed by atoms with Crippen LogP contribution in [-0.2, 0) is 0 Å². The van der Waals surface area contributed by atoms with Crippen LogP contribution in [0.2, 0.25) is 0 Å². The van der Waals surface area contributed by atoms with Crippen LogP contribution in [0.3, 0.4) is 0 Å². The topological polar surface area (TPSA) is 0 Å². The third-order valence-electron chi connectivity index (χ3n) is 9.44. The average molecular weight is 583 g/mol. The fraction of sp³-hybridized carbons (Fsp3) is 0. The van der Waals surface area contributed by atoms with E-state index in [2.05, 4.69) is 182 Å². The van der Waals surface area contributed by atoms with E-state index in [0.29, 0.717) is 0 Å². The molecule has 0 fully saturated rings. The van der Waals surface area contributed by atoms with Gasteiger partial charge in [-0.25, -0.2) is 0 Å². The van der Waals surface area contributed by atoms with Crippen LogP contribution < -0.4 is 0 Å². The van der Waals surface area contributed by atoms with E-state index in [0.717, 1.165) is 0 Å². The van der Waals surface area contributed by atoms with Gasteiger partial charge in [0.25, 0.3) is 0 Å². The van der Waals surface area contributed by atoms with E-state index in [1.807, 2.05) is 0 Å². The van der Waals surface area contributed by atoms with Gasteiger partial charge in [0.1, 0.15) is 0 Å². The van der Waals surface area contributed by atoms with Crippen LogP contribution in [0.15, 0.2) is 182 Å². The molecule has 0 saturated carbocycles. The predicted molar refractivity (Wildman–Crippen MR) is 198 cm³/mol. The molecule has 0 atom stereocenters. The Morgan fingerprint density at radius 2 is 0.761 bits per heavy atom. The molecule has 0 unspecified atom stereocenters. The lowest BCUT2D eigenvalue weighted by atomic mass is 9.82. The molecule has 46 heavy (non-hydrogen) atoms. The van der Waals surface area contributed by atoms with Crippen LogP contribution in [0.25, 0.3) is 87.6 Å². The maximum atomic E-state index is 2.43. The maximum Gasteiger partial charge on any atom is -0.00199 e. The van der Waals surface area contributed by atoms with Gasteiger partial charge < -0.3 is 0 Å². The standard InChI is InChI=1S/C46H30/c1-2-15-33(16-3-1)45-41-22-10-11-23-42(41)46(40-21-9-8-20-39(40)35-26-25-31-13-4-5-17-34(31)29-35)44-30-36(27-28-43(44)45)38-24-12-18-32-14-6-7-19-37(32)38/h1-30H. The van der Waals surface area contributed by atoms with Crippen molar-refractivity contribution in [3.8, 4) is 44.5 Å². The van der Waals surface area contributed by atoms with Gasteiger partial charge in [-0.1, -0.05) is 170 Å². The van der Waals surface area contributed by atoms with Crippen LogP contribution in [-0.4, -0.2) is 0 Å². The van der Waals surface area contributed by atoms with Crippen molar-refractivity contribution in [3.63, 3.8) is 0 Å². The van der Waals surface area contributed by atoms with Crippen LogP contribution in [0.4, 0.5) is 0 Å². The van der Waals surface area contributed by atoms with Gasteiger partial charge in [-0.3, -0.25) is 0 Å². The summed E-state index contributed by atoms with van der Waals surface area (Å²) in [7, 11) is 0. The number of fused-ring (bicyclic) bond motifs is 4. The third kappa shape index (κ3) is 4.30. The molecule has 0 aliphatic carbocycles. The van der Waals surface area contributed by atoms with Gasteiger partial charge in [0.15, 0.2) is 0 Å². The molecule has 0 aliphatic heterocycles. The van der Waals surface area contributed by atoms with Crippen LogP contribution in [0, 0.1) is 0 Å². The second kappa shape index (κ2) is 10.9. The Bertz CT molecular complexity index is 2570. The molecule has 0 radical (unpaired) electrons. The second-order valence-electron chi connectivity index (χ2n) is 12.1. The molecule has 0 N–H and O–H groups in total. The average Bonchev–Trinajstić information content (AvgIpc) is 3.13. The molecule has 0 nitrogen and oxygen atoms in total. The Hall–Kier alpha value is -5.98. The van der Waals surface area contributed by atoms with Crippen LogP contribution in [0.1, 0.15) is 0 Å². The lowest BCUT2D eigenvalue weighted by molar-refractivity contribution is 1.62. The SMILES string of the molecule is c1ccc(-c2c3ccccc3c(-c3ccccc3-c3ccc4ccccc4c3)c3cc(-c4cccc5ccccc45)ccc23)cc1. The Labute approximate surface area is 268 Å². The number of rotatable bonds is 4. The van der Waals surface area contributed by atoms with Crippen molar-refractivity contribution < 1.29 is 0 Å². The molecule has 0 aromatic heterocycles. The normalized spacial score (nSPS) is 11.5. The van der Waals surface area contributed by atoms with Crippen molar-refractivity contribution in [2.24, 2.45) is 0 Å². The summed E-state index contributed by atoms with van der Waals surface area (Å²) in [5.74, 6) is 0. The zero-order valence-electron chi connectivity index (χ0n) is 25.3. The summed E-state index contributed by atoms with van der Waals surface area (Å²) in [6.45, 7) is 0. The Balaban J connectivity index is 1.41. The molecule has 0 spiro atoms. The summed E-state index contributed by atoms with van der Waals surface area (Å²) in [5.41, 5.74) is 9.97. The minimum absolute atomic E-state index is 1.23. The highest BCUT2D eigenvalue weighted by Crippen LogP contribution is 2.47. The summed E-state index contributed by atoms with van der Waals surface area (Å²) < 4.78 is 0. The summed E-state index contributed by atoms with van der Waals surface area (Å²) in [6, 6.07) is 66.6. The van der Waals surface area contributed by atoms with E-state index in [4.69, 9.17) is 0 Å². The first-order valence-electron chi connectivity index (χ1n) is 15.9. The van der Waals surface area contributed by atoms with Gasteiger partial charge in [-0.05, 0) is 99.7 Å². The van der Waals surface area contributed by atoms with Gasteiger partial charge in [0.2, 0.25) is 0 Å². The van der Waals surface area contributed by atoms with Crippen molar-refractivity contribution in [2.45, 2.75) is 0 Å². The largest absolute Gasteiger partial charge is 0.0622 e. The lowest BCUT2D eigenvalue weighted by Gasteiger charge is -2.21. The van der Waals surface area contributed by atoms with E-state index in [1.165, 1.54) is 87.6 Å². The molecule has 214 valence electrons. The number of benzene rings is 9. The fourth-order valence-electron chi connectivity index (χ4n) is 7.34. The summed E-state index contributed by atoms with van der Waals surface area (Å²) in [5, 5.41) is 10.1. The highest BCUT2D eigenvalue weighted by Gasteiger charge is 2.20. The third-order valence-corrected chi connectivity index (χ3v) is 9.44. The van der Waals surface area contributed by atoms with E-state index in [-0.39, 0.29) is 0 Å². The highest BCUT2D eigenvalue weighted by atomic mass is 14.2. The van der Waals surface area contributed by atoms with Gasteiger partial charge in [-0.2, -0.15) is 0 Å². The molecule has 0 heteroatoms. The first-order chi connectivity index (χ1) is 22.8.